The summed E-state index contributed by atoms with van der Waals surface area (Å²) in [6.45, 7) is 6.25. The molecular formula is C17H25NO2. The van der Waals surface area contributed by atoms with Crippen LogP contribution in [-0.4, -0.2) is 34.4 Å². The second-order valence-electron chi connectivity index (χ2n) is 5.94. The zero-order chi connectivity index (χ0) is 14.6. The topological polar surface area (TPSA) is 40.5 Å². The van der Waals surface area contributed by atoms with Gasteiger partial charge in [0.2, 0.25) is 0 Å². The van der Waals surface area contributed by atoms with E-state index in [0.717, 1.165) is 25.1 Å². The molecule has 0 bridgehead atoms. The molecule has 0 aromatic heterocycles. The van der Waals surface area contributed by atoms with E-state index in [2.05, 4.69) is 18.7 Å². The Labute approximate surface area is 121 Å². The Morgan fingerprint density at radius 1 is 1.20 bits per heavy atom. The molecule has 110 valence electrons. The summed E-state index contributed by atoms with van der Waals surface area (Å²) in [5.41, 5.74) is 0.627. The summed E-state index contributed by atoms with van der Waals surface area (Å²) in [5.74, 6) is 0.531. The van der Waals surface area contributed by atoms with Crippen LogP contribution < -0.4 is 0 Å². The van der Waals surface area contributed by atoms with Crippen molar-refractivity contribution in [3.05, 3.63) is 29.8 Å². The molecule has 0 aliphatic carbocycles. The number of carbonyl (C=O) groups is 1. The first kappa shape index (κ1) is 15.0. The van der Waals surface area contributed by atoms with Crippen LogP contribution in [0.4, 0.5) is 0 Å². The van der Waals surface area contributed by atoms with E-state index in [1.165, 1.54) is 19.3 Å². The monoisotopic (exact) mass is 275 g/mol. The van der Waals surface area contributed by atoms with Gasteiger partial charge in [-0.05, 0) is 57.0 Å². The van der Waals surface area contributed by atoms with Crippen molar-refractivity contribution in [1.82, 2.24) is 4.90 Å². The van der Waals surface area contributed by atoms with Crippen LogP contribution >= 0.6 is 0 Å². The number of rotatable bonds is 5. The van der Waals surface area contributed by atoms with E-state index in [4.69, 9.17) is 0 Å². The molecule has 1 heterocycles. The van der Waals surface area contributed by atoms with E-state index in [0.29, 0.717) is 6.42 Å². The number of hydrogen-bond acceptors (Lipinski definition) is 3. The van der Waals surface area contributed by atoms with Crippen LogP contribution in [0.2, 0.25) is 0 Å². The number of aromatic hydroxyl groups is 1. The largest absolute Gasteiger partial charge is 0.508 e. The van der Waals surface area contributed by atoms with Gasteiger partial charge < -0.3 is 5.11 Å². The number of phenolic OH excluding ortho intramolecular Hbond substituents is 1. The summed E-state index contributed by atoms with van der Waals surface area (Å²) in [7, 11) is 0. The Hall–Kier alpha value is -1.35. The predicted molar refractivity (Wildman–Crippen MR) is 80.9 cm³/mol. The molecule has 1 N–H and O–H groups in total. The number of likely N-dealkylation sites (tertiary alicyclic amines) is 1. The van der Waals surface area contributed by atoms with Crippen molar-refractivity contribution in [3.63, 3.8) is 0 Å². The summed E-state index contributed by atoms with van der Waals surface area (Å²) >= 11 is 0. The average molecular weight is 275 g/mol. The fourth-order valence-electron chi connectivity index (χ4n) is 2.97. The van der Waals surface area contributed by atoms with Gasteiger partial charge in [0.15, 0.2) is 5.78 Å². The summed E-state index contributed by atoms with van der Waals surface area (Å²) in [4.78, 5) is 15.1. The number of hydrogen-bond donors (Lipinski definition) is 1. The van der Waals surface area contributed by atoms with Gasteiger partial charge in [-0.15, -0.1) is 0 Å². The number of ketones is 1. The maximum absolute atomic E-state index is 12.7. The van der Waals surface area contributed by atoms with Crippen molar-refractivity contribution >= 4 is 5.78 Å². The maximum atomic E-state index is 12.7. The SMILES string of the molecule is CCC(C)(C(=O)Cc1ccc(O)cc1)N1CCCCC1. The van der Waals surface area contributed by atoms with Gasteiger partial charge in [-0.1, -0.05) is 25.5 Å². The third-order valence-electron chi connectivity index (χ3n) is 4.64. The first-order valence-corrected chi connectivity index (χ1v) is 7.62. The summed E-state index contributed by atoms with van der Waals surface area (Å²) in [6, 6.07) is 6.96. The molecule has 20 heavy (non-hydrogen) atoms. The van der Waals surface area contributed by atoms with Gasteiger partial charge in [0, 0.05) is 6.42 Å². The van der Waals surface area contributed by atoms with Gasteiger partial charge in [-0.2, -0.15) is 0 Å². The number of Topliss-reactive ketones (excluding diaryl/α,β-unsaturated/α-hetero) is 1. The van der Waals surface area contributed by atoms with Gasteiger partial charge >= 0.3 is 0 Å². The van der Waals surface area contributed by atoms with Gasteiger partial charge in [0.1, 0.15) is 5.75 Å². The lowest BCUT2D eigenvalue weighted by Gasteiger charge is -2.42. The third-order valence-corrected chi connectivity index (χ3v) is 4.64. The zero-order valence-electron chi connectivity index (χ0n) is 12.6. The van der Waals surface area contributed by atoms with E-state index >= 15 is 0 Å². The number of benzene rings is 1. The van der Waals surface area contributed by atoms with Gasteiger partial charge in [-0.25, -0.2) is 0 Å². The van der Waals surface area contributed by atoms with Crippen molar-refractivity contribution < 1.29 is 9.90 Å². The molecule has 1 aliphatic heterocycles. The Morgan fingerprint density at radius 2 is 1.80 bits per heavy atom. The lowest BCUT2D eigenvalue weighted by molar-refractivity contribution is -0.130. The van der Waals surface area contributed by atoms with Crippen LogP contribution in [0.5, 0.6) is 5.75 Å². The number of phenols is 1. The Balaban J connectivity index is 2.09. The van der Waals surface area contributed by atoms with E-state index < -0.39 is 0 Å². The third kappa shape index (κ3) is 3.21. The molecule has 1 aromatic carbocycles. The molecule has 3 heteroatoms. The molecule has 3 nitrogen and oxygen atoms in total. The molecule has 0 amide bonds. The molecule has 0 radical (unpaired) electrons. The lowest BCUT2D eigenvalue weighted by atomic mass is 9.86. The van der Waals surface area contributed by atoms with E-state index in [9.17, 15) is 9.90 Å². The highest BCUT2D eigenvalue weighted by molar-refractivity contribution is 5.89. The van der Waals surface area contributed by atoms with Crippen LogP contribution in [0, 0.1) is 0 Å². The van der Waals surface area contributed by atoms with Crippen molar-refractivity contribution in [3.8, 4) is 5.75 Å². The normalized spacial score (nSPS) is 19.5. The van der Waals surface area contributed by atoms with Crippen LogP contribution in [0.3, 0.4) is 0 Å². The minimum absolute atomic E-state index is 0.246. The quantitative estimate of drug-likeness (QED) is 0.897. The lowest BCUT2D eigenvalue weighted by Crippen LogP contribution is -2.54. The highest BCUT2D eigenvalue weighted by atomic mass is 16.3. The molecule has 1 unspecified atom stereocenters. The summed E-state index contributed by atoms with van der Waals surface area (Å²) in [5, 5.41) is 9.31. The molecular weight excluding hydrogens is 250 g/mol. The molecule has 1 aromatic rings. The Morgan fingerprint density at radius 3 is 2.35 bits per heavy atom. The maximum Gasteiger partial charge on any atom is 0.157 e. The number of nitrogens with zero attached hydrogens (tertiary/aromatic N) is 1. The molecule has 2 rings (SSSR count). The minimum Gasteiger partial charge on any atom is -0.508 e. The molecule has 0 saturated carbocycles. The van der Waals surface area contributed by atoms with E-state index in [-0.39, 0.29) is 17.1 Å². The smallest absolute Gasteiger partial charge is 0.157 e. The molecule has 1 aliphatic rings. The van der Waals surface area contributed by atoms with Crippen molar-refractivity contribution in [2.45, 2.75) is 51.5 Å². The van der Waals surface area contributed by atoms with E-state index in [1.807, 2.05) is 12.1 Å². The number of carbonyl (C=O) groups excluding carboxylic acids is 1. The van der Waals surface area contributed by atoms with Crippen LogP contribution in [-0.2, 0) is 11.2 Å². The van der Waals surface area contributed by atoms with Gasteiger partial charge in [0.25, 0.3) is 0 Å². The highest BCUT2D eigenvalue weighted by Crippen LogP contribution is 2.26. The first-order valence-electron chi connectivity index (χ1n) is 7.62. The van der Waals surface area contributed by atoms with Gasteiger partial charge in [0.05, 0.1) is 5.54 Å². The molecule has 1 saturated heterocycles. The minimum atomic E-state index is -0.349. The van der Waals surface area contributed by atoms with Crippen molar-refractivity contribution in [1.29, 1.82) is 0 Å². The van der Waals surface area contributed by atoms with Crippen LogP contribution in [0.25, 0.3) is 0 Å². The summed E-state index contributed by atoms with van der Waals surface area (Å²) < 4.78 is 0. The first-order chi connectivity index (χ1) is 9.56. The molecule has 0 spiro atoms. The Bertz CT molecular complexity index is 449. The molecule has 1 fully saturated rings. The zero-order valence-corrected chi connectivity index (χ0v) is 12.6. The van der Waals surface area contributed by atoms with Crippen molar-refractivity contribution in [2.75, 3.05) is 13.1 Å². The fourth-order valence-corrected chi connectivity index (χ4v) is 2.97. The predicted octanol–water partition coefficient (Wildman–Crippen LogP) is 3.16. The van der Waals surface area contributed by atoms with Crippen LogP contribution in [0.15, 0.2) is 24.3 Å². The second-order valence-corrected chi connectivity index (χ2v) is 5.94. The molecule has 1 atom stereocenters. The van der Waals surface area contributed by atoms with Crippen LogP contribution in [0.1, 0.15) is 45.1 Å². The van der Waals surface area contributed by atoms with E-state index in [1.54, 1.807) is 12.1 Å². The standard InChI is InChI=1S/C17H25NO2/c1-3-17(2,18-11-5-4-6-12-18)16(20)13-14-7-9-15(19)10-8-14/h7-10,19H,3-6,11-13H2,1-2H3. The fraction of sp³-hybridized carbons (Fsp3) is 0.588. The second kappa shape index (κ2) is 6.40. The van der Waals surface area contributed by atoms with Crippen molar-refractivity contribution in [2.24, 2.45) is 0 Å². The number of piperidine rings is 1. The average Bonchev–Trinajstić information content (AvgIpc) is 2.49. The highest BCUT2D eigenvalue weighted by Gasteiger charge is 2.37. The van der Waals surface area contributed by atoms with Gasteiger partial charge in [-0.3, -0.25) is 9.69 Å². The summed E-state index contributed by atoms with van der Waals surface area (Å²) in [6.07, 6.45) is 4.97. The Kier molecular flexibility index (Phi) is 4.81.